The van der Waals surface area contributed by atoms with Gasteiger partial charge in [0.15, 0.2) is 0 Å². The maximum absolute atomic E-state index is 13.2. The number of nitrogens with zero attached hydrogens (tertiary/aromatic N) is 1. The Morgan fingerprint density at radius 1 is 1.26 bits per heavy atom. The second-order valence-electron chi connectivity index (χ2n) is 4.20. The number of hydrogen-bond acceptors (Lipinski definition) is 2. The van der Waals surface area contributed by atoms with Crippen molar-refractivity contribution in [3.05, 3.63) is 63.9 Å². The molecule has 0 saturated carbocycles. The summed E-state index contributed by atoms with van der Waals surface area (Å²) in [4.78, 5) is 0. The molecule has 4 heteroatoms. The molecule has 0 heterocycles. The van der Waals surface area contributed by atoms with Crippen LogP contribution >= 0.6 is 15.9 Å². The van der Waals surface area contributed by atoms with Crippen molar-refractivity contribution in [2.75, 3.05) is 5.32 Å². The minimum atomic E-state index is -0.284. The predicted molar refractivity (Wildman–Crippen MR) is 77.3 cm³/mol. The lowest BCUT2D eigenvalue weighted by Gasteiger charge is -2.17. The van der Waals surface area contributed by atoms with E-state index in [1.807, 2.05) is 25.1 Å². The van der Waals surface area contributed by atoms with Crippen LogP contribution in [0.25, 0.3) is 0 Å². The van der Waals surface area contributed by atoms with Gasteiger partial charge in [-0.15, -0.1) is 0 Å². The summed E-state index contributed by atoms with van der Waals surface area (Å²) in [5.41, 5.74) is 2.31. The largest absolute Gasteiger partial charge is 0.377 e. The molecule has 1 atom stereocenters. The second kappa shape index (κ2) is 5.85. The molecule has 0 bridgehead atoms. The number of benzene rings is 2. The van der Waals surface area contributed by atoms with E-state index in [0.717, 1.165) is 11.3 Å². The molecule has 0 amide bonds. The highest BCUT2D eigenvalue weighted by molar-refractivity contribution is 9.10. The first kappa shape index (κ1) is 13.6. The van der Waals surface area contributed by atoms with Crippen molar-refractivity contribution in [3.63, 3.8) is 0 Å². The Bertz CT molecular complexity index is 634. The molecule has 1 N–H and O–H groups in total. The van der Waals surface area contributed by atoms with Crippen molar-refractivity contribution >= 4 is 21.6 Å². The molecule has 0 fully saturated rings. The highest BCUT2D eigenvalue weighted by Gasteiger charge is 2.09. The monoisotopic (exact) mass is 318 g/mol. The van der Waals surface area contributed by atoms with Crippen molar-refractivity contribution in [1.29, 1.82) is 5.26 Å². The van der Waals surface area contributed by atoms with Gasteiger partial charge in [0.1, 0.15) is 11.9 Å². The standard InChI is InChI=1S/C15H12BrFN2/c1-10(11-6-7-14(17)13(16)8-11)19-15-5-3-2-4-12(15)9-18/h2-8,10,19H,1H3. The Kier molecular flexibility index (Phi) is 4.18. The summed E-state index contributed by atoms with van der Waals surface area (Å²) in [6.07, 6.45) is 0. The molecule has 2 rings (SSSR count). The topological polar surface area (TPSA) is 35.8 Å². The van der Waals surface area contributed by atoms with Crippen LogP contribution in [0.15, 0.2) is 46.9 Å². The molecule has 0 aliphatic rings. The molecular weight excluding hydrogens is 307 g/mol. The zero-order valence-electron chi connectivity index (χ0n) is 10.3. The SMILES string of the molecule is CC(Nc1ccccc1C#N)c1ccc(F)c(Br)c1. The third-order valence-electron chi connectivity index (χ3n) is 2.86. The number of nitrogens with one attached hydrogen (secondary N) is 1. The molecule has 0 radical (unpaired) electrons. The summed E-state index contributed by atoms with van der Waals surface area (Å²) >= 11 is 3.17. The third kappa shape index (κ3) is 3.12. The van der Waals surface area contributed by atoms with Crippen molar-refractivity contribution in [1.82, 2.24) is 0 Å². The van der Waals surface area contributed by atoms with E-state index in [1.165, 1.54) is 6.07 Å². The molecule has 0 aliphatic heterocycles. The molecule has 0 aromatic heterocycles. The van der Waals surface area contributed by atoms with Gasteiger partial charge in [-0.1, -0.05) is 18.2 Å². The fourth-order valence-corrected chi connectivity index (χ4v) is 2.20. The van der Waals surface area contributed by atoms with E-state index in [2.05, 4.69) is 27.3 Å². The molecule has 0 aliphatic carbocycles. The van der Waals surface area contributed by atoms with E-state index in [0.29, 0.717) is 10.0 Å². The Labute approximate surface area is 120 Å². The lowest BCUT2D eigenvalue weighted by Crippen LogP contribution is -2.08. The van der Waals surface area contributed by atoms with Gasteiger partial charge in [-0.3, -0.25) is 0 Å². The van der Waals surface area contributed by atoms with Gasteiger partial charge in [-0.05, 0) is 52.7 Å². The van der Waals surface area contributed by atoms with Gasteiger partial charge in [0.05, 0.1) is 15.7 Å². The van der Waals surface area contributed by atoms with Crippen molar-refractivity contribution < 1.29 is 4.39 Å². The number of para-hydroxylation sites is 1. The number of nitriles is 1. The van der Waals surface area contributed by atoms with Gasteiger partial charge in [-0.2, -0.15) is 5.26 Å². The van der Waals surface area contributed by atoms with E-state index in [4.69, 9.17) is 5.26 Å². The average molecular weight is 319 g/mol. The maximum Gasteiger partial charge on any atom is 0.137 e. The van der Waals surface area contributed by atoms with Crippen LogP contribution in [0.5, 0.6) is 0 Å². The summed E-state index contributed by atoms with van der Waals surface area (Å²) in [5.74, 6) is -0.284. The van der Waals surface area contributed by atoms with Crippen LogP contribution in [0.1, 0.15) is 24.1 Å². The average Bonchev–Trinajstić information content (AvgIpc) is 2.42. The van der Waals surface area contributed by atoms with Crippen LogP contribution in [0.3, 0.4) is 0 Å². The second-order valence-corrected chi connectivity index (χ2v) is 5.05. The Hall–Kier alpha value is -1.86. The Balaban J connectivity index is 2.23. The minimum Gasteiger partial charge on any atom is -0.377 e. The summed E-state index contributed by atoms with van der Waals surface area (Å²) in [5, 5.41) is 12.3. The summed E-state index contributed by atoms with van der Waals surface area (Å²) in [6.45, 7) is 1.97. The van der Waals surface area contributed by atoms with Crippen molar-refractivity contribution in [3.8, 4) is 6.07 Å². The third-order valence-corrected chi connectivity index (χ3v) is 3.47. The quantitative estimate of drug-likeness (QED) is 0.895. The minimum absolute atomic E-state index is 0.0219. The smallest absolute Gasteiger partial charge is 0.137 e. The number of hydrogen-bond donors (Lipinski definition) is 1. The van der Waals surface area contributed by atoms with E-state index >= 15 is 0 Å². The molecule has 2 aromatic carbocycles. The molecule has 2 aromatic rings. The van der Waals surface area contributed by atoms with Crippen LogP contribution in [0, 0.1) is 17.1 Å². The first-order chi connectivity index (χ1) is 9.11. The highest BCUT2D eigenvalue weighted by atomic mass is 79.9. The zero-order valence-corrected chi connectivity index (χ0v) is 11.9. The van der Waals surface area contributed by atoms with Gasteiger partial charge in [-0.25, -0.2) is 4.39 Å². The van der Waals surface area contributed by atoms with E-state index < -0.39 is 0 Å². The van der Waals surface area contributed by atoms with Crippen molar-refractivity contribution in [2.24, 2.45) is 0 Å². The molecule has 1 unspecified atom stereocenters. The van der Waals surface area contributed by atoms with E-state index in [-0.39, 0.29) is 11.9 Å². The summed E-state index contributed by atoms with van der Waals surface area (Å²) in [7, 11) is 0. The van der Waals surface area contributed by atoms with Gasteiger partial charge < -0.3 is 5.32 Å². The van der Waals surface area contributed by atoms with Gasteiger partial charge in [0.2, 0.25) is 0 Å². The summed E-state index contributed by atoms with van der Waals surface area (Å²) in [6, 6.07) is 14.3. The summed E-state index contributed by atoms with van der Waals surface area (Å²) < 4.78 is 13.6. The number of anilines is 1. The van der Waals surface area contributed by atoms with Crippen LogP contribution in [-0.2, 0) is 0 Å². The van der Waals surface area contributed by atoms with Crippen molar-refractivity contribution in [2.45, 2.75) is 13.0 Å². The van der Waals surface area contributed by atoms with E-state index in [9.17, 15) is 4.39 Å². The van der Waals surface area contributed by atoms with Crippen LogP contribution in [0.4, 0.5) is 10.1 Å². The number of rotatable bonds is 3. The van der Waals surface area contributed by atoms with Crippen LogP contribution in [0.2, 0.25) is 0 Å². The van der Waals surface area contributed by atoms with Gasteiger partial charge >= 0.3 is 0 Å². The van der Waals surface area contributed by atoms with Gasteiger partial charge in [0.25, 0.3) is 0 Å². The lowest BCUT2D eigenvalue weighted by molar-refractivity contribution is 0.619. The first-order valence-electron chi connectivity index (χ1n) is 5.82. The highest BCUT2D eigenvalue weighted by Crippen LogP contribution is 2.25. The molecule has 19 heavy (non-hydrogen) atoms. The van der Waals surface area contributed by atoms with Gasteiger partial charge in [0, 0.05) is 6.04 Å². The number of halogens is 2. The Morgan fingerprint density at radius 3 is 2.68 bits per heavy atom. The molecule has 2 nitrogen and oxygen atoms in total. The van der Waals surface area contributed by atoms with Crippen LogP contribution in [-0.4, -0.2) is 0 Å². The predicted octanol–water partition coefficient (Wildman–Crippen LogP) is 4.63. The van der Waals surface area contributed by atoms with Crippen LogP contribution < -0.4 is 5.32 Å². The fourth-order valence-electron chi connectivity index (χ4n) is 1.80. The first-order valence-corrected chi connectivity index (χ1v) is 6.61. The molecular formula is C15H12BrFN2. The molecule has 0 saturated heterocycles. The Morgan fingerprint density at radius 2 is 2.00 bits per heavy atom. The van der Waals surface area contributed by atoms with E-state index in [1.54, 1.807) is 18.2 Å². The lowest BCUT2D eigenvalue weighted by atomic mass is 10.1. The molecule has 0 spiro atoms. The maximum atomic E-state index is 13.2. The zero-order chi connectivity index (χ0) is 13.8. The fraction of sp³-hybridized carbons (Fsp3) is 0.133. The molecule has 96 valence electrons. The normalized spacial score (nSPS) is 11.7.